The van der Waals surface area contributed by atoms with Crippen LogP contribution in [0.4, 0.5) is 4.79 Å². The van der Waals surface area contributed by atoms with Crippen molar-refractivity contribution in [2.75, 3.05) is 6.54 Å². The van der Waals surface area contributed by atoms with Crippen LogP contribution in [0.15, 0.2) is 35.6 Å². The van der Waals surface area contributed by atoms with Gasteiger partial charge in [-0.2, -0.15) is 0 Å². The molecule has 1 heterocycles. The van der Waals surface area contributed by atoms with Gasteiger partial charge in [-0.25, -0.2) is 4.79 Å². The Bertz CT molecular complexity index is 377. The van der Waals surface area contributed by atoms with Crippen molar-refractivity contribution in [1.29, 1.82) is 0 Å². The van der Waals surface area contributed by atoms with E-state index in [0.717, 1.165) is 18.5 Å². The van der Waals surface area contributed by atoms with Crippen LogP contribution in [0.25, 0.3) is 0 Å². The molecule has 0 saturated carbocycles. The number of ether oxygens (including phenoxy) is 1. The fourth-order valence-corrected chi connectivity index (χ4v) is 1.96. The Kier molecular flexibility index (Phi) is 3.13. The van der Waals surface area contributed by atoms with Crippen molar-refractivity contribution in [2.45, 2.75) is 32.8 Å². The minimum Gasteiger partial charge on any atom is -0.446 e. The highest BCUT2D eigenvalue weighted by Crippen LogP contribution is 2.28. The summed E-state index contributed by atoms with van der Waals surface area (Å²) >= 11 is 0. The maximum Gasteiger partial charge on any atom is 0.414 e. The molecule has 1 aliphatic carbocycles. The van der Waals surface area contributed by atoms with Crippen molar-refractivity contribution in [3.05, 3.63) is 35.6 Å². The normalized spacial score (nSPS) is 19.1. The molecule has 0 aromatic heterocycles. The molecule has 2 aliphatic rings. The van der Waals surface area contributed by atoms with Crippen molar-refractivity contribution in [1.82, 2.24) is 4.90 Å². The Morgan fingerprint density at radius 1 is 1.50 bits per heavy atom. The summed E-state index contributed by atoms with van der Waals surface area (Å²) in [6, 6.07) is 0. The first-order valence-electron chi connectivity index (χ1n) is 5.73. The van der Waals surface area contributed by atoms with E-state index >= 15 is 0 Å². The van der Waals surface area contributed by atoms with Gasteiger partial charge < -0.3 is 4.74 Å². The van der Waals surface area contributed by atoms with E-state index in [0.29, 0.717) is 6.54 Å². The molecule has 0 saturated heterocycles. The molecule has 0 fully saturated rings. The summed E-state index contributed by atoms with van der Waals surface area (Å²) in [7, 11) is 0. The monoisotopic (exact) mass is 219 g/mol. The number of allylic oxidation sites excluding steroid dienone is 4. The molecule has 2 rings (SSSR count). The third kappa shape index (κ3) is 2.18. The van der Waals surface area contributed by atoms with Gasteiger partial charge in [0.05, 0.1) is 11.8 Å². The van der Waals surface area contributed by atoms with E-state index in [2.05, 4.69) is 12.2 Å². The van der Waals surface area contributed by atoms with Crippen LogP contribution in [0.2, 0.25) is 0 Å². The van der Waals surface area contributed by atoms with E-state index in [4.69, 9.17) is 4.74 Å². The molecule has 0 aromatic rings. The molecule has 86 valence electrons. The number of amides is 1. The van der Waals surface area contributed by atoms with Gasteiger partial charge in [-0.05, 0) is 38.3 Å². The SMILES string of the molecule is CC(C)OC(=O)N1CCC=C2CC=CC=C21. The molecule has 0 radical (unpaired) electrons. The number of hydrogen-bond donors (Lipinski definition) is 0. The summed E-state index contributed by atoms with van der Waals surface area (Å²) in [5.74, 6) is 0. The lowest BCUT2D eigenvalue weighted by Gasteiger charge is -2.31. The quantitative estimate of drug-likeness (QED) is 0.678. The van der Waals surface area contributed by atoms with Gasteiger partial charge in [0.1, 0.15) is 0 Å². The highest BCUT2D eigenvalue weighted by atomic mass is 16.6. The Morgan fingerprint density at radius 3 is 3.06 bits per heavy atom. The molecular weight excluding hydrogens is 202 g/mol. The van der Waals surface area contributed by atoms with Crippen molar-refractivity contribution < 1.29 is 9.53 Å². The molecule has 0 unspecified atom stereocenters. The van der Waals surface area contributed by atoms with Gasteiger partial charge in [-0.1, -0.05) is 18.2 Å². The number of fused-ring (bicyclic) bond motifs is 1. The Labute approximate surface area is 96.1 Å². The largest absolute Gasteiger partial charge is 0.446 e. The van der Waals surface area contributed by atoms with Crippen molar-refractivity contribution in [3.8, 4) is 0 Å². The zero-order valence-corrected chi connectivity index (χ0v) is 9.77. The molecule has 0 spiro atoms. The second-order valence-electron chi connectivity index (χ2n) is 4.29. The van der Waals surface area contributed by atoms with E-state index < -0.39 is 0 Å². The molecule has 16 heavy (non-hydrogen) atoms. The zero-order chi connectivity index (χ0) is 11.5. The molecule has 0 atom stereocenters. The maximum atomic E-state index is 11.9. The van der Waals surface area contributed by atoms with Gasteiger partial charge in [0, 0.05) is 6.54 Å². The zero-order valence-electron chi connectivity index (χ0n) is 9.77. The second-order valence-corrected chi connectivity index (χ2v) is 4.29. The molecule has 0 N–H and O–H groups in total. The van der Waals surface area contributed by atoms with Crippen LogP contribution in [0, 0.1) is 0 Å². The van der Waals surface area contributed by atoms with Gasteiger partial charge in [0.2, 0.25) is 0 Å². The van der Waals surface area contributed by atoms with E-state index in [9.17, 15) is 4.79 Å². The average Bonchev–Trinajstić information content (AvgIpc) is 2.27. The third-order valence-corrected chi connectivity index (χ3v) is 2.65. The molecule has 1 amide bonds. The fourth-order valence-electron chi connectivity index (χ4n) is 1.96. The van der Waals surface area contributed by atoms with Gasteiger partial charge in [-0.15, -0.1) is 0 Å². The van der Waals surface area contributed by atoms with Crippen molar-refractivity contribution in [3.63, 3.8) is 0 Å². The molecule has 1 aliphatic heterocycles. The highest BCUT2D eigenvalue weighted by molar-refractivity contribution is 5.72. The lowest BCUT2D eigenvalue weighted by Crippen LogP contribution is -2.36. The number of carbonyl (C=O) groups excluding carboxylic acids is 1. The van der Waals surface area contributed by atoms with Crippen LogP contribution in [-0.2, 0) is 4.74 Å². The Morgan fingerprint density at radius 2 is 2.31 bits per heavy atom. The van der Waals surface area contributed by atoms with E-state index in [1.807, 2.05) is 26.0 Å². The second kappa shape index (κ2) is 4.56. The minimum atomic E-state index is -0.234. The number of carbonyl (C=O) groups is 1. The Balaban J connectivity index is 2.16. The van der Waals surface area contributed by atoms with Crippen LogP contribution in [0.5, 0.6) is 0 Å². The van der Waals surface area contributed by atoms with Crippen molar-refractivity contribution in [2.24, 2.45) is 0 Å². The smallest absolute Gasteiger partial charge is 0.414 e. The Hall–Kier alpha value is -1.51. The van der Waals surface area contributed by atoms with E-state index in [1.54, 1.807) is 4.90 Å². The topological polar surface area (TPSA) is 29.5 Å². The first kappa shape index (κ1) is 11.0. The molecule has 0 bridgehead atoms. The van der Waals surface area contributed by atoms with Gasteiger partial charge in [0.15, 0.2) is 0 Å². The summed E-state index contributed by atoms with van der Waals surface area (Å²) < 4.78 is 5.23. The maximum absolute atomic E-state index is 11.9. The van der Waals surface area contributed by atoms with Crippen LogP contribution in [0.3, 0.4) is 0 Å². The lowest BCUT2D eigenvalue weighted by molar-refractivity contribution is 0.0861. The number of hydrogen-bond acceptors (Lipinski definition) is 2. The first-order chi connectivity index (χ1) is 7.68. The minimum absolute atomic E-state index is 0.0680. The third-order valence-electron chi connectivity index (χ3n) is 2.65. The molecule has 3 nitrogen and oxygen atoms in total. The van der Waals surface area contributed by atoms with Crippen molar-refractivity contribution >= 4 is 6.09 Å². The predicted octanol–water partition coefficient (Wildman–Crippen LogP) is 3.01. The van der Waals surface area contributed by atoms with Crippen LogP contribution >= 0.6 is 0 Å². The summed E-state index contributed by atoms with van der Waals surface area (Å²) in [5, 5.41) is 0. The van der Waals surface area contributed by atoms with E-state index in [-0.39, 0.29) is 12.2 Å². The summed E-state index contributed by atoms with van der Waals surface area (Å²) in [6.07, 6.45) is 9.80. The van der Waals surface area contributed by atoms with Gasteiger partial charge in [-0.3, -0.25) is 4.90 Å². The van der Waals surface area contributed by atoms with E-state index in [1.165, 1.54) is 5.57 Å². The summed E-state index contributed by atoms with van der Waals surface area (Å²) in [6.45, 7) is 4.45. The first-order valence-corrected chi connectivity index (χ1v) is 5.73. The lowest BCUT2D eigenvalue weighted by atomic mass is 9.98. The van der Waals surface area contributed by atoms with Crippen LogP contribution < -0.4 is 0 Å². The van der Waals surface area contributed by atoms with Gasteiger partial charge >= 0.3 is 6.09 Å². The van der Waals surface area contributed by atoms with Crippen LogP contribution in [0.1, 0.15) is 26.7 Å². The molecule has 3 heteroatoms. The fraction of sp³-hybridized carbons (Fsp3) is 0.462. The van der Waals surface area contributed by atoms with Crippen LogP contribution in [-0.4, -0.2) is 23.6 Å². The summed E-state index contributed by atoms with van der Waals surface area (Å²) in [4.78, 5) is 13.6. The standard InChI is InChI=1S/C13H17NO2/c1-10(2)16-13(15)14-9-5-7-11-6-3-4-8-12(11)14/h3-4,7-8,10H,5-6,9H2,1-2H3. The summed E-state index contributed by atoms with van der Waals surface area (Å²) in [5.41, 5.74) is 2.23. The molecular formula is C13H17NO2. The number of nitrogens with zero attached hydrogens (tertiary/aromatic N) is 1. The average molecular weight is 219 g/mol. The van der Waals surface area contributed by atoms with Gasteiger partial charge in [0.25, 0.3) is 0 Å². The highest BCUT2D eigenvalue weighted by Gasteiger charge is 2.25. The molecule has 0 aromatic carbocycles. The number of rotatable bonds is 1. The predicted molar refractivity (Wildman–Crippen MR) is 62.9 cm³/mol.